The maximum Gasteiger partial charge on any atom is 0.303 e. The SMILES string of the molecule is CN1C(=O)C(=Cc2ccccc2OCCCC(=O)O)SC1=S. The summed E-state index contributed by atoms with van der Waals surface area (Å²) in [5.41, 5.74) is 0.770. The van der Waals surface area contributed by atoms with Crippen LogP contribution in [0.1, 0.15) is 18.4 Å². The maximum atomic E-state index is 12.0. The van der Waals surface area contributed by atoms with E-state index in [1.165, 1.54) is 16.7 Å². The van der Waals surface area contributed by atoms with Crippen molar-refractivity contribution in [2.24, 2.45) is 0 Å². The molecule has 1 aliphatic heterocycles. The first kappa shape index (κ1) is 16.5. The predicted octanol–water partition coefficient (Wildman–Crippen LogP) is 2.76. The molecule has 1 aromatic rings. The number of nitrogens with zero attached hydrogens (tertiary/aromatic N) is 1. The minimum atomic E-state index is -0.844. The number of thioether (sulfide) groups is 1. The van der Waals surface area contributed by atoms with E-state index in [0.29, 0.717) is 28.0 Å². The van der Waals surface area contributed by atoms with Gasteiger partial charge >= 0.3 is 5.97 Å². The van der Waals surface area contributed by atoms with E-state index in [-0.39, 0.29) is 12.3 Å². The number of carbonyl (C=O) groups excluding carboxylic acids is 1. The molecule has 7 heteroatoms. The Bertz CT molecular complexity index is 642. The quantitative estimate of drug-likeness (QED) is 0.489. The van der Waals surface area contributed by atoms with E-state index in [1.807, 2.05) is 18.2 Å². The molecule has 0 bridgehead atoms. The van der Waals surface area contributed by atoms with Crippen molar-refractivity contribution in [3.63, 3.8) is 0 Å². The summed E-state index contributed by atoms with van der Waals surface area (Å²) < 4.78 is 6.14. The van der Waals surface area contributed by atoms with Crippen LogP contribution in [0.5, 0.6) is 5.75 Å². The van der Waals surface area contributed by atoms with Crippen LogP contribution >= 0.6 is 24.0 Å². The van der Waals surface area contributed by atoms with Crippen LogP contribution in [0, 0.1) is 0 Å². The fourth-order valence-electron chi connectivity index (χ4n) is 1.82. The Balaban J connectivity index is 2.10. The number of likely N-dealkylation sites (N-methyl/N-ethyl adjacent to an activating group) is 1. The summed E-state index contributed by atoms with van der Waals surface area (Å²) in [5, 5.41) is 8.61. The van der Waals surface area contributed by atoms with E-state index in [4.69, 9.17) is 22.1 Å². The van der Waals surface area contributed by atoms with Crippen LogP contribution in [0.15, 0.2) is 29.2 Å². The monoisotopic (exact) mass is 337 g/mol. The summed E-state index contributed by atoms with van der Waals surface area (Å²) in [4.78, 5) is 24.5. The van der Waals surface area contributed by atoms with E-state index in [9.17, 15) is 9.59 Å². The molecule has 2 rings (SSSR count). The smallest absolute Gasteiger partial charge is 0.303 e. The van der Waals surface area contributed by atoms with E-state index < -0.39 is 5.97 Å². The standard InChI is InChI=1S/C15H15NO4S2/c1-16-14(19)12(22-15(16)21)9-10-5-2-3-6-11(10)20-8-4-7-13(17)18/h2-3,5-6,9H,4,7-8H2,1H3,(H,17,18). The lowest BCUT2D eigenvalue weighted by Gasteiger charge is -2.09. The van der Waals surface area contributed by atoms with Gasteiger partial charge in [0.2, 0.25) is 0 Å². The van der Waals surface area contributed by atoms with Gasteiger partial charge in [-0.25, -0.2) is 0 Å². The Morgan fingerprint density at radius 1 is 1.45 bits per heavy atom. The topological polar surface area (TPSA) is 66.8 Å². The third-order valence-electron chi connectivity index (χ3n) is 2.98. The summed E-state index contributed by atoms with van der Waals surface area (Å²) in [6, 6.07) is 7.31. The van der Waals surface area contributed by atoms with Crippen LogP contribution in [0.4, 0.5) is 0 Å². The van der Waals surface area contributed by atoms with Gasteiger partial charge in [0.05, 0.1) is 11.5 Å². The zero-order valence-corrected chi connectivity index (χ0v) is 13.6. The van der Waals surface area contributed by atoms with Crippen molar-refractivity contribution in [3.05, 3.63) is 34.7 Å². The fraction of sp³-hybridized carbons (Fsp3) is 0.267. The number of hydrogen-bond acceptors (Lipinski definition) is 5. The van der Waals surface area contributed by atoms with Crippen molar-refractivity contribution in [1.82, 2.24) is 4.90 Å². The Kier molecular flexibility index (Phi) is 5.57. The summed E-state index contributed by atoms with van der Waals surface area (Å²) in [7, 11) is 1.65. The third kappa shape index (κ3) is 4.08. The molecule has 1 amide bonds. The molecule has 0 radical (unpaired) electrons. The molecule has 116 valence electrons. The lowest BCUT2D eigenvalue weighted by Crippen LogP contribution is -2.22. The third-order valence-corrected chi connectivity index (χ3v) is 4.47. The van der Waals surface area contributed by atoms with Crippen LogP contribution in [-0.4, -0.2) is 39.9 Å². The summed E-state index contributed by atoms with van der Waals surface area (Å²) in [5.74, 6) is -0.353. The normalized spacial score (nSPS) is 16.4. The Labute approximate surface area is 137 Å². The number of rotatable bonds is 6. The molecule has 0 unspecified atom stereocenters. The molecule has 1 saturated heterocycles. The van der Waals surface area contributed by atoms with Crippen molar-refractivity contribution in [1.29, 1.82) is 0 Å². The molecule has 5 nitrogen and oxygen atoms in total. The second-order valence-corrected chi connectivity index (χ2v) is 6.30. The average Bonchev–Trinajstić information content (AvgIpc) is 2.72. The highest BCUT2D eigenvalue weighted by Gasteiger charge is 2.28. The minimum absolute atomic E-state index is 0.0661. The first-order valence-electron chi connectivity index (χ1n) is 6.64. The lowest BCUT2D eigenvalue weighted by atomic mass is 10.2. The second-order valence-electron chi connectivity index (χ2n) is 4.62. The van der Waals surface area contributed by atoms with Crippen LogP contribution in [-0.2, 0) is 9.59 Å². The molecule has 0 saturated carbocycles. The van der Waals surface area contributed by atoms with Crippen LogP contribution in [0.3, 0.4) is 0 Å². The van der Waals surface area contributed by atoms with Gasteiger partial charge in [0.1, 0.15) is 10.1 Å². The van der Waals surface area contributed by atoms with E-state index in [0.717, 1.165) is 5.56 Å². The molecule has 0 aromatic heterocycles. The van der Waals surface area contributed by atoms with Crippen LogP contribution in [0.2, 0.25) is 0 Å². The van der Waals surface area contributed by atoms with E-state index in [1.54, 1.807) is 19.2 Å². The van der Waals surface area contributed by atoms with E-state index >= 15 is 0 Å². The Hall–Kier alpha value is -1.86. The molecule has 1 heterocycles. The zero-order chi connectivity index (χ0) is 16.1. The fourth-order valence-corrected chi connectivity index (χ4v) is 2.99. The molecule has 1 aromatic carbocycles. The number of carboxylic acid groups (broad SMARTS) is 1. The largest absolute Gasteiger partial charge is 0.493 e. The highest BCUT2D eigenvalue weighted by atomic mass is 32.2. The Morgan fingerprint density at radius 2 is 2.18 bits per heavy atom. The molecular formula is C15H15NO4S2. The van der Waals surface area contributed by atoms with Gasteiger partial charge in [-0.05, 0) is 18.6 Å². The van der Waals surface area contributed by atoms with Gasteiger partial charge in [0.15, 0.2) is 0 Å². The van der Waals surface area contributed by atoms with Gasteiger partial charge in [-0.2, -0.15) is 0 Å². The molecule has 22 heavy (non-hydrogen) atoms. The molecule has 1 aliphatic rings. The van der Waals surface area contributed by atoms with Crippen molar-refractivity contribution in [3.8, 4) is 5.75 Å². The predicted molar refractivity (Wildman–Crippen MR) is 89.7 cm³/mol. The highest BCUT2D eigenvalue weighted by molar-refractivity contribution is 8.26. The molecular weight excluding hydrogens is 322 g/mol. The number of ether oxygens (including phenoxy) is 1. The molecule has 1 N–H and O–H groups in total. The number of aliphatic carboxylic acids is 1. The first-order chi connectivity index (χ1) is 10.5. The number of amides is 1. The summed E-state index contributed by atoms with van der Waals surface area (Å²) in [6.45, 7) is 0.311. The number of benzene rings is 1. The molecule has 0 aliphatic carbocycles. The molecule has 0 atom stereocenters. The van der Waals surface area contributed by atoms with Crippen molar-refractivity contribution < 1.29 is 19.4 Å². The average molecular weight is 337 g/mol. The lowest BCUT2D eigenvalue weighted by molar-refractivity contribution is -0.137. The molecule has 1 fully saturated rings. The Morgan fingerprint density at radius 3 is 2.82 bits per heavy atom. The van der Waals surface area contributed by atoms with Crippen molar-refractivity contribution >= 4 is 46.3 Å². The highest BCUT2D eigenvalue weighted by Crippen LogP contribution is 2.33. The van der Waals surface area contributed by atoms with Gasteiger partial charge in [0, 0.05) is 19.0 Å². The minimum Gasteiger partial charge on any atom is -0.493 e. The van der Waals surface area contributed by atoms with Crippen LogP contribution in [0.25, 0.3) is 6.08 Å². The maximum absolute atomic E-state index is 12.0. The summed E-state index contributed by atoms with van der Waals surface area (Å²) in [6.07, 6.45) is 2.24. The number of carboxylic acids is 1. The number of para-hydroxylation sites is 1. The van der Waals surface area contributed by atoms with E-state index in [2.05, 4.69) is 0 Å². The molecule has 0 spiro atoms. The number of carbonyl (C=O) groups is 2. The first-order valence-corrected chi connectivity index (χ1v) is 7.86. The van der Waals surface area contributed by atoms with Crippen molar-refractivity contribution in [2.45, 2.75) is 12.8 Å². The van der Waals surface area contributed by atoms with Crippen molar-refractivity contribution in [2.75, 3.05) is 13.7 Å². The van der Waals surface area contributed by atoms with Gasteiger partial charge in [-0.1, -0.05) is 42.2 Å². The van der Waals surface area contributed by atoms with Gasteiger partial charge in [-0.15, -0.1) is 0 Å². The number of thiocarbonyl (C=S) groups is 1. The summed E-state index contributed by atoms with van der Waals surface area (Å²) >= 11 is 6.35. The van der Waals surface area contributed by atoms with Gasteiger partial charge < -0.3 is 9.84 Å². The van der Waals surface area contributed by atoms with Crippen LogP contribution < -0.4 is 4.74 Å². The zero-order valence-electron chi connectivity index (χ0n) is 11.9. The number of hydrogen-bond donors (Lipinski definition) is 1. The van der Waals surface area contributed by atoms with Gasteiger partial charge in [0.25, 0.3) is 5.91 Å². The second kappa shape index (κ2) is 7.42. The van der Waals surface area contributed by atoms with Gasteiger partial charge in [-0.3, -0.25) is 14.5 Å².